The van der Waals surface area contributed by atoms with Gasteiger partial charge in [0.15, 0.2) is 12.1 Å². The molecule has 6 nitrogen and oxygen atoms in total. The fourth-order valence-corrected chi connectivity index (χ4v) is 9.17. The summed E-state index contributed by atoms with van der Waals surface area (Å²) in [4.78, 5) is 25.7. The van der Waals surface area contributed by atoms with Crippen LogP contribution in [0.25, 0.3) is 0 Å². The van der Waals surface area contributed by atoms with Crippen LogP contribution < -0.4 is 0 Å². The molecule has 6 aliphatic rings. The Kier molecular flexibility index (Phi) is 4.77. The Hall–Kier alpha value is -1.76. The molecule has 1 spiro atoms. The van der Waals surface area contributed by atoms with Gasteiger partial charge < -0.3 is 19.7 Å². The zero-order valence-electron chi connectivity index (χ0n) is 20.5. The number of rotatable bonds is 1. The van der Waals surface area contributed by atoms with E-state index in [1.165, 1.54) is 0 Å². The van der Waals surface area contributed by atoms with Crippen molar-refractivity contribution in [3.8, 4) is 0 Å². The maximum absolute atomic E-state index is 13.2. The average molecular weight is 469 g/mol. The lowest BCUT2D eigenvalue weighted by Gasteiger charge is -2.56. The number of carbonyl (C=O) groups is 2. The van der Waals surface area contributed by atoms with E-state index in [1.54, 1.807) is 19.1 Å². The normalized spacial score (nSPS) is 51.9. The topological polar surface area (TPSA) is 93.1 Å². The number of aliphatic hydroxyl groups excluding tert-OH is 2. The predicted octanol–water partition coefficient (Wildman–Crippen LogP) is 3.62. The molecule has 2 heterocycles. The third-order valence-electron chi connectivity index (χ3n) is 11.1. The van der Waals surface area contributed by atoms with Crippen LogP contribution in [-0.4, -0.2) is 46.1 Å². The first-order chi connectivity index (χ1) is 16.0. The highest BCUT2D eigenvalue weighted by Crippen LogP contribution is 2.71. The molecule has 6 rings (SSSR count). The highest BCUT2D eigenvalue weighted by molar-refractivity contribution is 5.99. The van der Waals surface area contributed by atoms with Crippen LogP contribution in [0.1, 0.15) is 66.2 Å². The highest BCUT2D eigenvalue weighted by atomic mass is 16.6. The Morgan fingerprint density at radius 3 is 2.56 bits per heavy atom. The first-order valence-corrected chi connectivity index (χ1v) is 12.9. The number of ether oxygens (including phenoxy) is 2. The Morgan fingerprint density at radius 2 is 1.82 bits per heavy atom. The molecule has 0 aromatic heterocycles. The largest absolute Gasteiger partial charge is 0.456 e. The van der Waals surface area contributed by atoms with Gasteiger partial charge in [-0.2, -0.15) is 0 Å². The van der Waals surface area contributed by atoms with Crippen LogP contribution in [-0.2, 0) is 19.1 Å². The number of esters is 1. The fourth-order valence-electron chi connectivity index (χ4n) is 9.17. The number of cyclic esters (lactones) is 1. The Balaban J connectivity index is 1.36. The van der Waals surface area contributed by atoms with Crippen LogP contribution in [0.15, 0.2) is 34.9 Å². The van der Waals surface area contributed by atoms with E-state index in [1.807, 2.05) is 20.8 Å². The minimum absolute atomic E-state index is 0.0871. The second kappa shape index (κ2) is 7.14. The van der Waals surface area contributed by atoms with Gasteiger partial charge in [-0.3, -0.25) is 4.79 Å². The van der Waals surface area contributed by atoms with Crippen molar-refractivity contribution in [3.63, 3.8) is 0 Å². The van der Waals surface area contributed by atoms with Gasteiger partial charge in [-0.25, -0.2) is 4.79 Å². The zero-order valence-corrected chi connectivity index (χ0v) is 20.5. The van der Waals surface area contributed by atoms with Crippen molar-refractivity contribution in [2.45, 2.75) is 90.3 Å². The van der Waals surface area contributed by atoms with Gasteiger partial charge in [0.05, 0.1) is 11.5 Å². The van der Waals surface area contributed by atoms with E-state index in [4.69, 9.17) is 9.47 Å². The maximum Gasteiger partial charge on any atom is 0.334 e. The van der Waals surface area contributed by atoms with Crippen LogP contribution in [0.5, 0.6) is 0 Å². The summed E-state index contributed by atoms with van der Waals surface area (Å²) in [6.45, 7) is 7.83. The van der Waals surface area contributed by atoms with Gasteiger partial charge in [-0.15, -0.1) is 0 Å². The molecule has 3 fully saturated rings. The molecule has 0 unspecified atom stereocenters. The molecule has 0 amide bonds. The van der Waals surface area contributed by atoms with Crippen molar-refractivity contribution in [3.05, 3.63) is 34.9 Å². The van der Waals surface area contributed by atoms with E-state index in [0.29, 0.717) is 12.0 Å². The van der Waals surface area contributed by atoms with Gasteiger partial charge in [-0.05, 0) is 95.3 Å². The molecule has 184 valence electrons. The molecular weight excluding hydrogens is 432 g/mol. The van der Waals surface area contributed by atoms with Crippen molar-refractivity contribution < 1.29 is 29.3 Å². The van der Waals surface area contributed by atoms with Crippen LogP contribution in [0.4, 0.5) is 0 Å². The van der Waals surface area contributed by atoms with Crippen molar-refractivity contribution in [2.75, 3.05) is 0 Å². The first kappa shape index (κ1) is 22.7. The van der Waals surface area contributed by atoms with Crippen molar-refractivity contribution in [2.24, 2.45) is 34.5 Å². The first-order valence-electron chi connectivity index (χ1n) is 12.9. The summed E-state index contributed by atoms with van der Waals surface area (Å²) in [6, 6.07) is 0. The van der Waals surface area contributed by atoms with E-state index in [2.05, 4.69) is 6.08 Å². The molecule has 34 heavy (non-hydrogen) atoms. The Bertz CT molecular complexity index is 1060. The summed E-state index contributed by atoms with van der Waals surface area (Å²) < 4.78 is 12.3. The van der Waals surface area contributed by atoms with Gasteiger partial charge in [-0.1, -0.05) is 11.6 Å². The summed E-state index contributed by atoms with van der Waals surface area (Å²) in [7, 11) is 0. The SMILES string of the molecule is CC1=C(C)C(=O)O[C@@H]([C@]2(C)O[C@@H](O)[C@]34CC[C@H]5[C@@H](CC=C6[C@@H](O)C=CC(=O)[C@@]65C)[C@@H]3CC[C@H]24)C1. The van der Waals surface area contributed by atoms with Gasteiger partial charge in [0.2, 0.25) is 0 Å². The summed E-state index contributed by atoms with van der Waals surface area (Å²) >= 11 is 0. The lowest BCUT2D eigenvalue weighted by molar-refractivity contribution is -0.215. The smallest absolute Gasteiger partial charge is 0.334 e. The van der Waals surface area contributed by atoms with Crippen LogP contribution >= 0.6 is 0 Å². The zero-order chi connectivity index (χ0) is 24.2. The summed E-state index contributed by atoms with van der Waals surface area (Å²) in [5.41, 5.74) is 0.747. The number of hydrogen-bond donors (Lipinski definition) is 2. The summed E-state index contributed by atoms with van der Waals surface area (Å²) in [6.07, 6.45) is 8.19. The average Bonchev–Trinajstić information content (AvgIpc) is 3.30. The van der Waals surface area contributed by atoms with Gasteiger partial charge in [0.25, 0.3) is 0 Å². The van der Waals surface area contributed by atoms with Crippen molar-refractivity contribution in [1.29, 1.82) is 0 Å². The van der Waals surface area contributed by atoms with E-state index in [9.17, 15) is 19.8 Å². The quantitative estimate of drug-likeness (QED) is 0.451. The minimum Gasteiger partial charge on any atom is -0.456 e. The molecule has 0 bridgehead atoms. The third kappa shape index (κ3) is 2.57. The maximum atomic E-state index is 13.2. The molecule has 1 saturated heterocycles. The standard InChI is InChI=1S/C28H36O6/c1-14-13-23(33-24(31)15(14)2)27(4)21-9-7-18-16-5-6-19-20(29)8-10-22(30)26(19,3)17(16)11-12-28(18,21)25(32)34-27/h6,8,10,16-18,20-21,23,25,29,32H,5,7,9,11-13H2,1-4H3/t16-,17+,18+,20+,21-,23-,25-,26-,27-,28-/m1/s1. The van der Waals surface area contributed by atoms with E-state index >= 15 is 0 Å². The lowest BCUT2D eigenvalue weighted by atomic mass is 9.46. The Labute approximate surface area is 201 Å². The minimum atomic E-state index is -0.910. The molecule has 0 aromatic rings. The number of allylic oxidation sites excluding steroid dienone is 2. The molecule has 2 aliphatic heterocycles. The predicted molar refractivity (Wildman–Crippen MR) is 124 cm³/mol. The van der Waals surface area contributed by atoms with E-state index in [0.717, 1.165) is 43.3 Å². The van der Waals surface area contributed by atoms with Gasteiger partial charge >= 0.3 is 5.97 Å². The molecule has 4 aliphatic carbocycles. The molecule has 0 radical (unpaired) electrons. The number of aliphatic hydroxyl groups is 2. The van der Waals surface area contributed by atoms with Gasteiger partial charge in [0, 0.05) is 23.3 Å². The van der Waals surface area contributed by atoms with Crippen molar-refractivity contribution in [1.82, 2.24) is 0 Å². The molecule has 6 heteroatoms. The fraction of sp³-hybridized carbons (Fsp3) is 0.714. The molecule has 10 atom stereocenters. The van der Waals surface area contributed by atoms with Crippen molar-refractivity contribution >= 4 is 11.8 Å². The lowest BCUT2D eigenvalue weighted by Crippen LogP contribution is -2.56. The number of fused-ring (bicyclic) bond motifs is 4. The monoisotopic (exact) mass is 468 g/mol. The van der Waals surface area contributed by atoms with E-state index in [-0.39, 0.29) is 40.8 Å². The molecule has 0 aromatic carbocycles. The Morgan fingerprint density at radius 1 is 1.06 bits per heavy atom. The van der Waals surface area contributed by atoms with Gasteiger partial charge in [0.1, 0.15) is 11.7 Å². The number of carbonyl (C=O) groups excluding carboxylic acids is 2. The highest BCUT2D eigenvalue weighted by Gasteiger charge is 2.73. The number of ketones is 1. The summed E-state index contributed by atoms with van der Waals surface area (Å²) in [5, 5.41) is 22.1. The van der Waals surface area contributed by atoms with Crippen LogP contribution in [0.2, 0.25) is 0 Å². The van der Waals surface area contributed by atoms with E-state index < -0.39 is 29.5 Å². The van der Waals surface area contributed by atoms with Crippen LogP contribution in [0, 0.1) is 34.5 Å². The second-order valence-corrected chi connectivity index (χ2v) is 12.1. The second-order valence-electron chi connectivity index (χ2n) is 12.1. The number of hydrogen-bond acceptors (Lipinski definition) is 6. The third-order valence-corrected chi connectivity index (χ3v) is 11.1. The summed E-state index contributed by atoms with van der Waals surface area (Å²) in [5.74, 6) is 0.533. The molecular formula is C28H36O6. The molecule has 2 N–H and O–H groups in total. The molecule has 2 saturated carbocycles. The van der Waals surface area contributed by atoms with Crippen LogP contribution in [0.3, 0.4) is 0 Å².